The Labute approximate surface area is 198 Å². The number of rotatable bonds is 5. The molecule has 0 radical (unpaired) electrons. The molecule has 4 rings (SSSR count). The Kier molecular flexibility index (Phi) is 6.47. The van der Waals surface area contributed by atoms with Crippen LogP contribution in [0.2, 0.25) is 0 Å². The van der Waals surface area contributed by atoms with Gasteiger partial charge < -0.3 is 10.6 Å². The molecule has 0 atom stereocenters. The molecule has 0 aromatic heterocycles. The fourth-order valence-electron chi connectivity index (χ4n) is 3.65. The summed E-state index contributed by atoms with van der Waals surface area (Å²) in [6.07, 6.45) is -8.95. The van der Waals surface area contributed by atoms with Crippen LogP contribution in [-0.4, -0.2) is 0 Å². The molecule has 35 heavy (non-hydrogen) atoms. The lowest BCUT2D eigenvalue weighted by Crippen LogP contribution is -2.05. The summed E-state index contributed by atoms with van der Waals surface area (Å²) >= 11 is 0. The monoisotopic (exact) mass is 486 g/mol. The molecule has 4 aromatic rings. The molecule has 4 aromatic carbocycles. The fourth-order valence-corrected chi connectivity index (χ4v) is 3.65. The van der Waals surface area contributed by atoms with Crippen molar-refractivity contribution < 1.29 is 26.3 Å². The lowest BCUT2D eigenvalue weighted by molar-refractivity contribution is -0.138. The standard InChI is InChI=1S/C27H20F6N2/c1-17-5-2-6-18(13-17)24-16-23(34-21-9-3-7-19(14-21)26(28,29)30)11-12-25(24)35-22-10-4-8-20(15-22)27(31,32)33/h2-16,34-35H,1H3. The highest BCUT2D eigenvalue weighted by atomic mass is 19.4. The first-order valence-corrected chi connectivity index (χ1v) is 10.6. The van der Waals surface area contributed by atoms with Crippen molar-refractivity contribution >= 4 is 22.7 Å². The van der Waals surface area contributed by atoms with Crippen molar-refractivity contribution in [2.45, 2.75) is 19.3 Å². The molecular formula is C27H20F6N2. The summed E-state index contributed by atoms with van der Waals surface area (Å²) in [5.41, 5.74) is 2.48. The molecule has 0 unspecified atom stereocenters. The average Bonchev–Trinajstić information content (AvgIpc) is 2.79. The predicted molar refractivity (Wildman–Crippen MR) is 126 cm³/mol. The third-order valence-corrected chi connectivity index (χ3v) is 5.30. The minimum Gasteiger partial charge on any atom is -0.355 e. The van der Waals surface area contributed by atoms with Crippen LogP contribution in [0.15, 0.2) is 91.0 Å². The van der Waals surface area contributed by atoms with E-state index < -0.39 is 23.5 Å². The van der Waals surface area contributed by atoms with Crippen LogP contribution in [0.1, 0.15) is 16.7 Å². The van der Waals surface area contributed by atoms with Crippen molar-refractivity contribution in [2.24, 2.45) is 0 Å². The van der Waals surface area contributed by atoms with Gasteiger partial charge in [-0.25, -0.2) is 0 Å². The molecule has 0 bridgehead atoms. The van der Waals surface area contributed by atoms with E-state index in [1.54, 1.807) is 18.2 Å². The van der Waals surface area contributed by atoms with E-state index in [1.807, 2.05) is 31.2 Å². The number of hydrogen-bond acceptors (Lipinski definition) is 2. The molecule has 8 heteroatoms. The van der Waals surface area contributed by atoms with Crippen molar-refractivity contribution in [1.82, 2.24) is 0 Å². The summed E-state index contributed by atoms with van der Waals surface area (Å²) in [7, 11) is 0. The van der Waals surface area contributed by atoms with Crippen molar-refractivity contribution in [1.29, 1.82) is 0 Å². The molecule has 0 heterocycles. The molecule has 0 aliphatic carbocycles. The first kappa shape index (κ1) is 24.2. The maximum Gasteiger partial charge on any atom is 0.416 e. The Morgan fingerprint density at radius 3 is 1.66 bits per heavy atom. The van der Waals surface area contributed by atoms with E-state index >= 15 is 0 Å². The smallest absolute Gasteiger partial charge is 0.355 e. The van der Waals surface area contributed by atoms with E-state index in [1.165, 1.54) is 24.3 Å². The van der Waals surface area contributed by atoms with Gasteiger partial charge in [-0.05, 0) is 67.1 Å². The molecule has 2 nitrogen and oxygen atoms in total. The maximum absolute atomic E-state index is 13.2. The normalized spacial score (nSPS) is 11.9. The Morgan fingerprint density at radius 1 is 0.543 bits per heavy atom. The van der Waals surface area contributed by atoms with E-state index in [-0.39, 0.29) is 11.4 Å². The van der Waals surface area contributed by atoms with Crippen molar-refractivity contribution in [3.05, 3.63) is 108 Å². The van der Waals surface area contributed by atoms with Gasteiger partial charge in [-0.3, -0.25) is 0 Å². The molecular weight excluding hydrogens is 466 g/mol. The maximum atomic E-state index is 13.2. The van der Waals surface area contributed by atoms with Crippen LogP contribution in [0.4, 0.5) is 49.1 Å². The third-order valence-electron chi connectivity index (χ3n) is 5.30. The lowest BCUT2D eigenvalue weighted by Gasteiger charge is -2.17. The summed E-state index contributed by atoms with van der Waals surface area (Å²) in [4.78, 5) is 0. The van der Waals surface area contributed by atoms with Gasteiger partial charge in [0.1, 0.15) is 0 Å². The minimum absolute atomic E-state index is 0.257. The van der Waals surface area contributed by atoms with Crippen LogP contribution in [-0.2, 0) is 12.4 Å². The summed E-state index contributed by atoms with van der Waals surface area (Å²) < 4.78 is 78.7. The fraction of sp³-hybridized carbons (Fsp3) is 0.111. The van der Waals surface area contributed by atoms with Gasteiger partial charge in [0.25, 0.3) is 0 Å². The van der Waals surface area contributed by atoms with E-state index in [0.29, 0.717) is 16.9 Å². The molecule has 0 aliphatic heterocycles. The molecule has 0 spiro atoms. The van der Waals surface area contributed by atoms with Crippen molar-refractivity contribution in [3.63, 3.8) is 0 Å². The van der Waals surface area contributed by atoms with Gasteiger partial charge in [-0.2, -0.15) is 26.3 Å². The van der Waals surface area contributed by atoms with E-state index in [0.717, 1.165) is 35.4 Å². The topological polar surface area (TPSA) is 24.1 Å². The molecule has 0 amide bonds. The van der Waals surface area contributed by atoms with Gasteiger partial charge >= 0.3 is 12.4 Å². The predicted octanol–water partition coefficient (Wildman–Crippen LogP) is 9.19. The zero-order valence-corrected chi connectivity index (χ0v) is 18.4. The van der Waals surface area contributed by atoms with Crippen LogP contribution in [0.3, 0.4) is 0 Å². The highest BCUT2D eigenvalue weighted by Gasteiger charge is 2.31. The first-order chi connectivity index (χ1) is 16.5. The van der Waals surface area contributed by atoms with E-state index in [4.69, 9.17) is 0 Å². The number of halogens is 6. The summed E-state index contributed by atoms with van der Waals surface area (Å²) in [6.45, 7) is 1.91. The Balaban J connectivity index is 1.72. The van der Waals surface area contributed by atoms with Gasteiger partial charge in [-0.1, -0.05) is 42.0 Å². The van der Waals surface area contributed by atoms with Crippen LogP contribution in [0, 0.1) is 6.92 Å². The Hall–Kier alpha value is -3.94. The summed E-state index contributed by atoms with van der Waals surface area (Å²) in [5.74, 6) is 0. The van der Waals surface area contributed by atoms with Gasteiger partial charge in [0.15, 0.2) is 0 Å². The van der Waals surface area contributed by atoms with E-state index in [9.17, 15) is 26.3 Å². The number of aryl methyl sites for hydroxylation is 1. The SMILES string of the molecule is Cc1cccc(-c2cc(Nc3cccc(C(F)(F)F)c3)ccc2Nc2cccc(C(F)(F)F)c2)c1. The Bertz CT molecular complexity index is 1340. The second-order valence-electron chi connectivity index (χ2n) is 8.04. The van der Waals surface area contributed by atoms with Gasteiger partial charge in [0.05, 0.1) is 11.1 Å². The number of anilines is 4. The van der Waals surface area contributed by atoms with Crippen molar-refractivity contribution in [2.75, 3.05) is 10.6 Å². The third kappa shape index (κ3) is 5.95. The second kappa shape index (κ2) is 9.37. The molecule has 2 N–H and O–H groups in total. The highest BCUT2D eigenvalue weighted by molar-refractivity contribution is 5.85. The van der Waals surface area contributed by atoms with Crippen LogP contribution >= 0.6 is 0 Å². The number of nitrogens with one attached hydrogen (secondary N) is 2. The first-order valence-electron chi connectivity index (χ1n) is 10.6. The van der Waals surface area contributed by atoms with Crippen molar-refractivity contribution in [3.8, 4) is 11.1 Å². The highest BCUT2D eigenvalue weighted by Crippen LogP contribution is 2.37. The van der Waals surface area contributed by atoms with E-state index in [2.05, 4.69) is 10.6 Å². The summed E-state index contributed by atoms with van der Waals surface area (Å²) in [6, 6.07) is 22.3. The molecule has 0 fully saturated rings. The Morgan fingerprint density at radius 2 is 1.09 bits per heavy atom. The number of alkyl halides is 6. The molecule has 180 valence electrons. The molecule has 0 aliphatic rings. The minimum atomic E-state index is -4.48. The van der Waals surface area contributed by atoms with Gasteiger partial charge in [-0.15, -0.1) is 0 Å². The quantitative estimate of drug-likeness (QED) is 0.275. The summed E-state index contributed by atoms with van der Waals surface area (Å²) in [5, 5.41) is 6.03. The average molecular weight is 486 g/mol. The lowest BCUT2D eigenvalue weighted by atomic mass is 10.0. The largest absolute Gasteiger partial charge is 0.416 e. The van der Waals surface area contributed by atoms with Crippen LogP contribution in [0.25, 0.3) is 11.1 Å². The molecule has 0 saturated carbocycles. The second-order valence-corrected chi connectivity index (χ2v) is 8.04. The van der Waals surface area contributed by atoms with Gasteiger partial charge in [0, 0.05) is 28.3 Å². The van der Waals surface area contributed by atoms with Gasteiger partial charge in [0.2, 0.25) is 0 Å². The number of hydrogen-bond donors (Lipinski definition) is 2. The molecule has 0 saturated heterocycles. The van der Waals surface area contributed by atoms with Crippen LogP contribution < -0.4 is 10.6 Å². The van der Waals surface area contributed by atoms with Crippen LogP contribution in [0.5, 0.6) is 0 Å². The number of benzene rings is 4. The zero-order valence-electron chi connectivity index (χ0n) is 18.4. The zero-order chi connectivity index (χ0) is 25.2.